The maximum atomic E-state index is 12.7. The number of aromatic nitrogens is 2. The van der Waals surface area contributed by atoms with Crippen LogP contribution in [0, 0.1) is 18.3 Å². The number of halogens is 3. The Bertz CT molecular complexity index is 590. The van der Waals surface area contributed by atoms with Crippen LogP contribution in [0.25, 0.3) is 5.65 Å². The van der Waals surface area contributed by atoms with Gasteiger partial charge in [0.2, 0.25) is 0 Å². The predicted molar refractivity (Wildman–Crippen MR) is 49.6 cm³/mol. The van der Waals surface area contributed by atoms with Crippen LogP contribution in [0.1, 0.15) is 17.0 Å². The molecule has 16 heavy (non-hydrogen) atoms. The van der Waals surface area contributed by atoms with Gasteiger partial charge in [0.05, 0.1) is 5.56 Å². The van der Waals surface area contributed by atoms with E-state index >= 15 is 0 Å². The Kier molecular flexibility index (Phi) is 2.12. The molecule has 0 atom stereocenters. The molecule has 3 nitrogen and oxygen atoms in total. The first-order valence-corrected chi connectivity index (χ1v) is 4.39. The molecule has 0 saturated carbocycles. The Morgan fingerprint density at radius 3 is 2.62 bits per heavy atom. The summed E-state index contributed by atoms with van der Waals surface area (Å²) >= 11 is 0. The predicted octanol–water partition coefficient (Wildman–Crippen LogP) is 2.53. The average Bonchev–Trinajstić information content (AvgIpc) is 2.58. The molecule has 0 fully saturated rings. The monoisotopic (exact) mass is 225 g/mol. The summed E-state index contributed by atoms with van der Waals surface area (Å²) in [5, 5.41) is 8.75. The van der Waals surface area contributed by atoms with E-state index in [-0.39, 0.29) is 11.2 Å². The highest BCUT2D eigenvalue weighted by atomic mass is 19.4. The van der Waals surface area contributed by atoms with Gasteiger partial charge in [0.1, 0.15) is 11.8 Å². The van der Waals surface area contributed by atoms with Gasteiger partial charge in [-0.15, -0.1) is 0 Å². The molecule has 2 rings (SSSR count). The third-order valence-electron chi connectivity index (χ3n) is 2.24. The topological polar surface area (TPSA) is 41.1 Å². The van der Waals surface area contributed by atoms with Crippen LogP contribution in [-0.4, -0.2) is 9.38 Å². The highest BCUT2D eigenvalue weighted by Gasteiger charge is 2.34. The van der Waals surface area contributed by atoms with E-state index in [1.807, 2.05) is 6.07 Å². The van der Waals surface area contributed by atoms with Crippen molar-refractivity contribution in [3.8, 4) is 6.07 Å². The van der Waals surface area contributed by atoms with Crippen LogP contribution in [0.15, 0.2) is 18.3 Å². The van der Waals surface area contributed by atoms with Gasteiger partial charge in [0.25, 0.3) is 0 Å². The first-order valence-electron chi connectivity index (χ1n) is 4.39. The zero-order chi connectivity index (χ0) is 11.9. The Balaban J connectivity index is 2.90. The fraction of sp³-hybridized carbons (Fsp3) is 0.200. The molecule has 0 unspecified atom stereocenters. The van der Waals surface area contributed by atoms with E-state index in [1.165, 1.54) is 13.1 Å². The van der Waals surface area contributed by atoms with E-state index in [0.717, 1.165) is 16.5 Å². The minimum Gasteiger partial charge on any atom is -0.292 e. The molecule has 0 aromatic carbocycles. The van der Waals surface area contributed by atoms with Crippen LogP contribution < -0.4 is 0 Å². The molecule has 0 aliphatic rings. The molecule has 0 radical (unpaired) electrons. The first kappa shape index (κ1) is 10.5. The lowest BCUT2D eigenvalue weighted by Crippen LogP contribution is -2.12. The van der Waals surface area contributed by atoms with Crippen molar-refractivity contribution in [2.75, 3.05) is 0 Å². The van der Waals surface area contributed by atoms with Crippen LogP contribution >= 0.6 is 0 Å². The van der Waals surface area contributed by atoms with Crippen LogP contribution in [0.2, 0.25) is 0 Å². The van der Waals surface area contributed by atoms with Gasteiger partial charge >= 0.3 is 6.18 Å². The maximum Gasteiger partial charge on any atom is 0.431 e. The van der Waals surface area contributed by atoms with Gasteiger partial charge in [-0.3, -0.25) is 4.40 Å². The van der Waals surface area contributed by atoms with Gasteiger partial charge in [0, 0.05) is 11.9 Å². The number of nitrogens with zero attached hydrogens (tertiary/aromatic N) is 3. The second-order valence-corrected chi connectivity index (χ2v) is 3.30. The molecule has 2 heterocycles. The fourth-order valence-corrected chi connectivity index (χ4v) is 1.55. The number of hydrogen-bond acceptors (Lipinski definition) is 2. The third kappa shape index (κ3) is 1.41. The molecule has 6 heteroatoms. The molecule has 0 N–H and O–H groups in total. The largest absolute Gasteiger partial charge is 0.431 e. The highest BCUT2D eigenvalue weighted by Crippen LogP contribution is 2.31. The fourth-order valence-electron chi connectivity index (χ4n) is 1.55. The lowest BCUT2D eigenvalue weighted by atomic mass is 10.2. The van der Waals surface area contributed by atoms with Gasteiger partial charge < -0.3 is 0 Å². The zero-order valence-electron chi connectivity index (χ0n) is 8.21. The lowest BCUT2D eigenvalue weighted by molar-refractivity contribution is -0.142. The SMILES string of the molecule is Cc1cnc2c(C#N)ccc(C(F)(F)F)n12. The number of aryl methyl sites for hydroxylation is 1. The van der Waals surface area contributed by atoms with E-state index in [1.54, 1.807) is 0 Å². The summed E-state index contributed by atoms with van der Waals surface area (Å²) in [5.41, 5.74) is -0.313. The van der Waals surface area contributed by atoms with Crippen molar-refractivity contribution >= 4 is 5.65 Å². The summed E-state index contributed by atoms with van der Waals surface area (Å²) in [6, 6.07) is 3.83. The summed E-state index contributed by atoms with van der Waals surface area (Å²) in [6.07, 6.45) is -3.15. The van der Waals surface area contributed by atoms with Gasteiger partial charge in [0.15, 0.2) is 5.65 Å². The minimum atomic E-state index is -4.46. The molecule has 0 spiro atoms. The first-order chi connectivity index (χ1) is 7.45. The van der Waals surface area contributed by atoms with Crippen LogP contribution in [0.3, 0.4) is 0 Å². The number of fused-ring (bicyclic) bond motifs is 1. The van der Waals surface area contributed by atoms with Gasteiger partial charge in [-0.2, -0.15) is 18.4 Å². The number of imidazole rings is 1. The highest BCUT2D eigenvalue weighted by molar-refractivity contribution is 5.57. The van der Waals surface area contributed by atoms with E-state index < -0.39 is 11.9 Å². The lowest BCUT2D eigenvalue weighted by Gasteiger charge is -2.11. The van der Waals surface area contributed by atoms with Crippen molar-refractivity contribution in [3.05, 3.63) is 35.3 Å². The number of alkyl halides is 3. The Labute approximate surface area is 88.8 Å². The molecule has 0 bridgehead atoms. The molecule has 2 aromatic heterocycles. The summed E-state index contributed by atoms with van der Waals surface area (Å²) in [7, 11) is 0. The molecule has 0 aliphatic carbocycles. The third-order valence-corrected chi connectivity index (χ3v) is 2.24. The average molecular weight is 225 g/mol. The van der Waals surface area contributed by atoms with Crippen molar-refractivity contribution < 1.29 is 13.2 Å². The van der Waals surface area contributed by atoms with Crippen molar-refractivity contribution in [2.45, 2.75) is 13.1 Å². The smallest absolute Gasteiger partial charge is 0.292 e. The van der Waals surface area contributed by atoms with Gasteiger partial charge in [-0.05, 0) is 19.1 Å². The van der Waals surface area contributed by atoms with E-state index in [9.17, 15) is 13.2 Å². The number of pyridine rings is 1. The summed E-state index contributed by atoms with van der Waals surface area (Å²) in [5.74, 6) is 0. The van der Waals surface area contributed by atoms with E-state index in [0.29, 0.717) is 5.69 Å². The minimum absolute atomic E-state index is 0.0369. The molecular formula is C10H6F3N3. The Morgan fingerprint density at radius 2 is 2.06 bits per heavy atom. The molecule has 82 valence electrons. The van der Waals surface area contributed by atoms with Crippen molar-refractivity contribution in [3.63, 3.8) is 0 Å². The van der Waals surface area contributed by atoms with Gasteiger partial charge in [-0.25, -0.2) is 4.98 Å². The second kappa shape index (κ2) is 3.23. The van der Waals surface area contributed by atoms with Crippen molar-refractivity contribution in [1.82, 2.24) is 9.38 Å². The summed E-state index contributed by atoms with van der Waals surface area (Å²) < 4.78 is 39.0. The molecule has 0 aliphatic heterocycles. The maximum absolute atomic E-state index is 12.7. The van der Waals surface area contributed by atoms with E-state index in [4.69, 9.17) is 5.26 Å². The second-order valence-electron chi connectivity index (χ2n) is 3.30. The molecule has 2 aromatic rings. The standard InChI is InChI=1S/C10H6F3N3/c1-6-5-15-9-7(4-14)2-3-8(16(6)9)10(11,12)13/h2-3,5H,1H3. The van der Waals surface area contributed by atoms with Crippen LogP contribution in [0.5, 0.6) is 0 Å². The normalized spacial score (nSPS) is 11.7. The Hall–Kier alpha value is -2.03. The van der Waals surface area contributed by atoms with Gasteiger partial charge in [-0.1, -0.05) is 0 Å². The number of hydrogen-bond donors (Lipinski definition) is 0. The van der Waals surface area contributed by atoms with Crippen LogP contribution in [0.4, 0.5) is 13.2 Å². The van der Waals surface area contributed by atoms with Crippen LogP contribution in [-0.2, 0) is 6.18 Å². The molecular weight excluding hydrogens is 219 g/mol. The number of rotatable bonds is 0. The van der Waals surface area contributed by atoms with E-state index in [2.05, 4.69) is 4.98 Å². The molecule has 0 amide bonds. The Morgan fingerprint density at radius 1 is 1.38 bits per heavy atom. The summed E-state index contributed by atoms with van der Waals surface area (Å²) in [6.45, 7) is 1.51. The summed E-state index contributed by atoms with van der Waals surface area (Å²) in [4.78, 5) is 3.80. The van der Waals surface area contributed by atoms with Crippen molar-refractivity contribution in [1.29, 1.82) is 5.26 Å². The number of nitriles is 1. The molecule has 0 saturated heterocycles. The van der Waals surface area contributed by atoms with Crippen molar-refractivity contribution in [2.24, 2.45) is 0 Å². The quantitative estimate of drug-likeness (QED) is 0.691. The zero-order valence-corrected chi connectivity index (χ0v) is 8.21.